The lowest BCUT2D eigenvalue weighted by Crippen LogP contribution is -1.95. The van der Waals surface area contributed by atoms with Crippen LogP contribution < -0.4 is 0 Å². The standard InChI is InChI=1S/C29H20/c1-2-19-15-16-26-22-11-5-8-14-25(22)29(27(26)17-19)18-28-23-12-6-3-9-20(23)21-10-4-7-13-24(21)28/h2-18,28H,1H2/b29-18+. The van der Waals surface area contributed by atoms with Gasteiger partial charge in [-0.15, -0.1) is 0 Å². The van der Waals surface area contributed by atoms with Gasteiger partial charge < -0.3 is 0 Å². The second kappa shape index (κ2) is 6.18. The van der Waals surface area contributed by atoms with Crippen LogP contribution in [0.2, 0.25) is 0 Å². The summed E-state index contributed by atoms with van der Waals surface area (Å²) in [5.74, 6) is 0.267. The third-order valence-corrected chi connectivity index (χ3v) is 6.29. The summed E-state index contributed by atoms with van der Waals surface area (Å²) in [5, 5.41) is 0. The number of allylic oxidation sites excluding steroid dienone is 1. The molecule has 0 saturated carbocycles. The van der Waals surface area contributed by atoms with Crippen LogP contribution in [0.15, 0.2) is 104 Å². The highest BCUT2D eigenvalue weighted by Crippen LogP contribution is 2.50. The van der Waals surface area contributed by atoms with E-state index in [0.29, 0.717) is 0 Å². The van der Waals surface area contributed by atoms with Crippen LogP contribution in [0.1, 0.15) is 33.7 Å². The zero-order valence-corrected chi connectivity index (χ0v) is 16.1. The normalized spacial score (nSPS) is 15.0. The Morgan fingerprint density at radius 1 is 0.552 bits per heavy atom. The quantitative estimate of drug-likeness (QED) is 0.302. The minimum Gasteiger partial charge on any atom is -0.0985 e. The number of hydrogen-bond donors (Lipinski definition) is 0. The van der Waals surface area contributed by atoms with E-state index in [1.807, 2.05) is 6.08 Å². The molecular formula is C29H20. The zero-order valence-electron chi connectivity index (χ0n) is 16.1. The Morgan fingerprint density at radius 3 is 1.76 bits per heavy atom. The molecule has 0 heterocycles. The summed E-state index contributed by atoms with van der Waals surface area (Å²) in [7, 11) is 0. The van der Waals surface area contributed by atoms with E-state index in [4.69, 9.17) is 0 Å². The van der Waals surface area contributed by atoms with Crippen molar-refractivity contribution in [2.45, 2.75) is 5.92 Å². The molecule has 136 valence electrons. The topological polar surface area (TPSA) is 0 Å². The van der Waals surface area contributed by atoms with Gasteiger partial charge in [-0.05, 0) is 61.7 Å². The average Bonchev–Trinajstić information content (AvgIpc) is 3.27. The molecule has 0 atom stereocenters. The summed E-state index contributed by atoms with van der Waals surface area (Å²) < 4.78 is 0. The van der Waals surface area contributed by atoms with E-state index < -0.39 is 0 Å². The molecule has 2 aliphatic carbocycles. The molecule has 0 fully saturated rings. The van der Waals surface area contributed by atoms with Crippen molar-refractivity contribution >= 4 is 11.6 Å². The second-order valence-electron chi connectivity index (χ2n) is 7.79. The summed E-state index contributed by atoms with van der Waals surface area (Å²) in [5.41, 5.74) is 13.3. The van der Waals surface area contributed by atoms with Gasteiger partial charge in [0.2, 0.25) is 0 Å². The first-order valence-corrected chi connectivity index (χ1v) is 10.1. The van der Waals surface area contributed by atoms with Crippen molar-refractivity contribution in [2.75, 3.05) is 0 Å². The minimum absolute atomic E-state index is 0.267. The fourth-order valence-electron chi connectivity index (χ4n) is 4.96. The lowest BCUT2D eigenvalue weighted by atomic mass is 9.91. The summed E-state index contributed by atoms with van der Waals surface area (Å²) >= 11 is 0. The van der Waals surface area contributed by atoms with Crippen molar-refractivity contribution in [1.29, 1.82) is 0 Å². The molecule has 0 spiro atoms. The molecule has 0 N–H and O–H groups in total. The maximum absolute atomic E-state index is 3.97. The largest absolute Gasteiger partial charge is 0.0985 e. The Hall–Kier alpha value is -3.64. The molecule has 0 nitrogen and oxygen atoms in total. The van der Waals surface area contributed by atoms with Crippen LogP contribution >= 0.6 is 0 Å². The van der Waals surface area contributed by atoms with Gasteiger partial charge in [0.15, 0.2) is 0 Å². The van der Waals surface area contributed by atoms with E-state index in [1.54, 1.807) is 0 Å². The summed E-state index contributed by atoms with van der Waals surface area (Å²) in [6, 6.07) is 33.1. The smallest absolute Gasteiger partial charge is 0.0291 e. The predicted molar refractivity (Wildman–Crippen MR) is 123 cm³/mol. The minimum atomic E-state index is 0.267. The van der Waals surface area contributed by atoms with Gasteiger partial charge in [-0.25, -0.2) is 0 Å². The number of fused-ring (bicyclic) bond motifs is 6. The van der Waals surface area contributed by atoms with Crippen LogP contribution in [0.4, 0.5) is 0 Å². The van der Waals surface area contributed by atoms with Crippen molar-refractivity contribution in [2.24, 2.45) is 0 Å². The summed E-state index contributed by atoms with van der Waals surface area (Å²) in [4.78, 5) is 0. The molecule has 29 heavy (non-hydrogen) atoms. The van der Waals surface area contributed by atoms with Crippen LogP contribution in [0.25, 0.3) is 33.9 Å². The van der Waals surface area contributed by atoms with Gasteiger partial charge in [-0.3, -0.25) is 0 Å². The molecule has 4 aromatic carbocycles. The van der Waals surface area contributed by atoms with E-state index in [9.17, 15) is 0 Å². The van der Waals surface area contributed by atoms with Crippen molar-refractivity contribution in [3.8, 4) is 22.3 Å². The molecule has 0 aliphatic heterocycles. The molecule has 6 rings (SSSR count). The first-order valence-electron chi connectivity index (χ1n) is 10.1. The Kier molecular flexibility index (Phi) is 3.48. The second-order valence-corrected chi connectivity index (χ2v) is 7.79. The van der Waals surface area contributed by atoms with Crippen LogP contribution in [0.5, 0.6) is 0 Å². The Labute approximate surface area is 171 Å². The molecule has 0 radical (unpaired) electrons. The lowest BCUT2D eigenvalue weighted by Gasteiger charge is -2.12. The van der Waals surface area contributed by atoms with Crippen LogP contribution in [-0.2, 0) is 0 Å². The third kappa shape index (κ3) is 2.33. The van der Waals surface area contributed by atoms with Gasteiger partial charge in [0.05, 0.1) is 0 Å². The Morgan fingerprint density at radius 2 is 1.10 bits per heavy atom. The highest BCUT2D eigenvalue weighted by atomic mass is 14.3. The predicted octanol–water partition coefficient (Wildman–Crippen LogP) is 7.55. The number of hydrogen-bond acceptors (Lipinski definition) is 0. The molecular weight excluding hydrogens is 348 g/mol. The first kappa shape index (κ1) is 16.3. The van der Waals surface area contributed by atoms with E-state index in [0.717, 1.165) is 5.56 Å². The lowest BCUT2D eigenvalue weighted by molar-refractivity contribution is 1.07. The molecule has 0 aromatic heterocycles. The Balaban J connectivity index is 1.62. The van der Waals surface area contributed by atoms with E-state index in [1.165, 1.54) is 50.1 Å². The van der Waals surface area contributed by atoms with Crippen molar-refractivity contribution in [1.82, 2.24) is 0 Å². The highest BCUT2D eigenvalue weighted by Gasteiger charge is 2.29. The average molecular weight is 368 g/mol. The molecule has 0 saturated heterocycles. The number of benzene rings is 4. The zero-order chi connectivity index (χ0) is 19.4. The van der Waals surface area contributed by atoms with Crippen LogP contribution in [0.3, 0.4) is 0 Å². The summed E-state index contributed by atoms with van der Waals surface area (Å²) in [6.45, 7) is 3.97. The first-order chi connectivity index (χ1) is 14.3. The molecule has 4 aromatic rings. The van der Waals surface area contributed by atoms with Crippen molar-refractivity contribution < 1.29 is 0 Å². The van der Waals surface area contributed by atoms with Gasteiger partial charge in [-0.1, -0.05) is 104 Å². The van der Waals surface area contributed by atoms with Crippen molar-refractivity contribution in [3.05, 3.63) is 131 Å². The van der Waals surface area contributed by atoms with E-state index in [2.05, 4.69) is 104 Å². The van der Waals surface area contributed by atoms with Gasteiger partial charge >= 0.3 is 0 Å². The highest BCUT2D eigenvalue weighted by molar-refractivity contribution is 6.02. The van der Waals surface area contributed by atoms with E-state index >= 15 is 0 Å². The van der Waals surface area contributed by atoms with E-state index in [-0.39, 0.29) is 5.92 Å². The number of rotatable bonds is 2. The maximum Gasteiger partial charge on any atom is 0.0291 e. The fourth-order valence-corrected chi connectivity index (χ4v) is 4.96. The van der Waals surface area contributed by atoms with Gasteiger partial charge in [0.1, 0.15) is 0 Å². The summed E-state index contributed by atoms with van der Waals surface area (Å²) in [6.07, 6.45) is 4.41. The molecule has 0 heteroatoms. The molecule has 0 unspecified atom stereocenters. The molecule has 2 aliphatic rings. The van der Waals surface area contributed by atoms with Crippen LogP contribution in [-0.4, -0.2) is 0 Å². The maximum atomic E-state index is 3.97. The van der Waals surface area contributed by atoms with Gasteiger partial charge in [-0.2, -0.15) is 0 Å². The fraction of sp³-hybridized carbons (Fsp3) is 0.0345. The SMILES string of the molecule is C=Cc1ccc2c(c1)/C(=C/C1c3ccccc3-c3ccccc31)c1ccccc1-2. The monoisotopic (exact) mass is 368 g/mol. The van der Waals surface area contributed by atoms with Crippen molar-refractivity contribution in [3.63, 3.8) is 0 Å². The van der Waals surface area contributed by atoms with Gasteiger partial charge in [0, 0.05) is 5.92 Å². The molecule has 0 bridgehead atoms. The molecule has 0 amide bonds. The van der Waals surface area contributed by atoms with Crippen LogP contribution in [0, 0.1) is 0 Å². The van der Waals surface area contributed by atoms with Gasteiger partial charge in [0.25, 0.3) is 0 Å². The third-order valence-electron chi connectivity index (χ3n) is 6.29. The Bertz CT molecular complexity index is 1270.